The number of ether oxygens (including phenoxy) is 1. The van der Waals surface area contributed by atoms with Crippen LogP contribution in [-0.4, -0.2) is 27.9 Å². The normalized spacial score (nSPS) is 10.7. The van der Waals surface area contributed by atoms with Crippen LogP contribution in [0.4, 0.5) is 0 Å². The highest BCUT2D eigenvalue weighted by Crippen LogP contribution is 2.35. The van der Waals surface area contributed by atoms with Crippen molar-refractivity contribution in [3.8, 4) is 28.4 Å². The highest BCUT2D eigenvalue weighted by Gasteiger charge is 2.16. The summed E-state index contributed by atoms with van der Waals surface area (Å²) in [5, 5.41) is 19.2. The largest absolute Gasteiger partial charge is 0.508 e. The molecule has 5 nitrogen and oxygen atoms in total. The van der Waals surface area contributed by atoms with Crippen molar-refractivity contribution < 1.29 is 19.7 Å². The smallest absolute Gasteiger partial charge is 0.303 e. The molecule has 134 valence electrons. The van der Waals surface area contributed by atoms with Gasteiger partial charge < -0.3 is 19.5 Å². The Balaban J connectivity index is 2.16. The molecule has 0 aliphatic heterocycles. The second-order valence-corrected chi connectivity index (χ2v) is 6.24. The Kier molecular flexibility index (Phi) is 5.19. The molecule has 0 saturated heterocycles. The van der Waals surface area contributed by atoms with Gasteiger partial charge in [0.1, 0.15) is 11.5 Å². The average Bonchev–Trinajstić information content (AvgIpc) is 3.04. The third-order valence-electron chi connectivity index (χ3n) is 4.10. The molecule has 0 aliphatic carbocycles. The van der Waals surface area contributed by atoms with Gasteiger partial charge >= 0.3 is 5.97 Å². The summed E-state index contributed by atoms with van der Waals surface area (Å²) in [6, 6.07) is 16.0. The maximum atomic E-state index is 11.0. The van der Waals surface area contributed by atoms with Crippen LogP contribution in [0.25, 0.3) is 16.9 Å². The topological polar surface area (TPSA) is 71.7 Å². The third kappa shape index (κ3) is 3.68. The predicted molar refractivity (Wildman–Crippen MR) is 100 cm³/mol. The molecule has 0 spiro atoms. The number of aryl methyl sites for hydroxylation is 1. The molecule has 0 amide bonds. The number of nitrogens with zero attached hydrogens (tertiary/aromatic N) is 1. The Bertz CT molecular complexity index is 931. The van der Waals surface area contributed by atoms with Crippen LogP contribution in [-0.2, 0) is 11.2 Å². The molecule has 0 fully saturated rings. The number of phenols is 1. The summed E-state index contributed by atoms with van der Waals surface area (Å²) in [5.41, 5.74) is 3.36. The second-order valence-electron chi connectivity index (χ2n) is 5.80. The number of halogens is 1. The monoisotopic (exact) mass is 371 g/mol. The summed E-state index contributed by atoms with van der Waals surface area (Å²) in [5.74, 6) is -0.0619. The molecule has 0 atom stereocenters. The molecule has 2 aromatic carbocycles. The summed E-state index contributed by atoms with van der Waals surface area (Å²) < 4.78 is 7.43. The van der Waals surface area contributed by atoms with E-state index >= 15 is 0 Å². The summed E-state index contributed by atoms with van der Waals surface area (Å²) in [4.78, 5) is 11.0. The molecular weight excluding hydrogens is 354 g/mol. The zero-order chi connectivity index (χ0) is 18.7. The van der Waals surface area contributed by atoms with E-state index in [2.05, 4.69) is 0 Å². The van der Waals surface area contributed by atoms with E-state index in [-0.39, 0.29) is 12.2 Å². The van der Waals surface area contributed by atoms with Crippen LogP contribution in [0, 0.1) is 0 Å². The number of hydrogen-bond acceptors (Lipinski definition) is 3. The standard InChI is InChI=1S/C20H18ClNO4/c1-26-19-12-13(21)2-9-17(19)18-10-5-15(6-11-20(24)25)22(18)14-3-7-16(23)8-4-14/h2-5,7-10,12,23H,6,11H2,1H3,(H,24,25). The van der Waals surface area contributed by atoms with Crippen molar-refractivity contribution in [2.24, 2.45) is 0 Å². The van der Waals surface area contributed by atoms with Crippen LogP contribution in [0.2, 0.25) is 5.02 Å². The van der Waals surface area contributed by atoms with E-state index in [4.69, 9.17) is 21.4 Å². The Hall–Kier alpha value is -2.92. The molecule has 3 aromatic rings. The van der Waals surface area contributed by atoms with Gasteiger partial charge in [-0.15, -0.1) is 0 Å². The SMILES string of the molecule is COc1cc(Cl)ccc1-c1ccc(CCC(=O)O)n1-c1ccc(O)cc1. The lowest BCUT2D eigenvalue weighted by molar-refractivity contribution is -0.136. The van der Waals surface area contributed by atoms with Gasteiger partial charge in [-0.1, -0.05) is 11.6 Å². The van der Waals surface area contributed by atoms with Gasteiger partial charge in [0.05, 0.1) is 19.2 Å². The quantitative estimate of drug-likeness (QED) is 0.667. The lowest BCUT2D eigenvalue weighted by Gasteiger charge is -2.16. The Morgan fingerprint density at radius 3 is 2.50 bits per heavy atom. The van der Waals surface area contributed by atoms with Gasteiger partial charge in [-0.2, -0.15) is 0 Å². The number of methoxy groups -OCH3 is 1. The van der Waals surface area contributed by atoms with Crippen LogP contribution >= 0.6 is 11.6 Å². The van der Waals surface area contributed by atoms with E-state index in [1.54, 1.807) is 43.5 Å². The molecule has 26 heavy (non-hydrogen) atoms. The van der Waals surface area contributed by atoms with Gasteiger partial charge in [-0.25, -0.2) is 0 Å². The molecule has 0 radical (unpaired) electrons. The van der Waals surface area contributed by atoms with Crippen LogP contribution < -0.4 is 4.74 Å². The van der Waals surface area contributed by atoms with Crippen molar-refractivity contribution in [3.05, 3.63) is 65.3 Å². The number of carboxylic acids is 1. The van der Waals surface area contributed by atoms with E-state index in [9.17, 15) is 9.90 Å². The minimum absolute atomic E-state index is 0.0271. The Morgan fingerprint density at radius 1 is 1.12 bits per heavy atom. The summed E-state index contributed by atoms with van der Waals surface area (Å²) in [7, 11) is 1.58. The zero-order valence-corrected chi connectivity index (χ0v) is 14.9. The molecule has 0 saturated carbocycles. The second kappa shape index (κ2) is 7.54. The first-order chi connectivity index (χ1) is 12.5. The van der Waals surface area contributed by atoms with Gasteiger partial charge in [-0.3, -0.25) is 4.79 Å². The fourth-order valence-corrected chi connectivity index (χ4v) is 3.06. The number of aliphatic carboxylic acids is 1. The number of hydrogen-bond donors (Lipinski definition) is 2. The molecule has 1 aromatic heterocycles. The van der Waals surface area contributed by atoms with E-state index in [0.29, 0.717) is 17.2 Å². The molecule has 0 aliphatic rings. The van der Waals surface area contributed by atoms with E-state index in [1.807, 2.05) is 22.8 Å². The lowest BCUT2D eigenvalue weighted by atomic mass is 10.1. The van der Waals surface area contributed by atoms with E-state index < -0.39 is 5.97 Å². The maximum Gasteiger partial charge on any atom is 0.303 e. The predicted octanol–water partition coefficient (Wildman–Crippen LogP) is 4.53. The number of phenolic OH excluding ortho intramolecular Hbond substituents is 1. The maximum absolute atomic E-state index is 11.0. The minimum atomic E-state index is -0.853. The van der Waals surface area contributed by atoms with Crippen molar-refractivity contribution in [2.45, 2.75) is 12.8 Å². The molecule has 0 bridgehead atoms. The van der Waals surface area contributed by atoms with Gasteiger partial charge in [0.25, 0.3) is 0 Å². The zero-order valence-electron chi connectivity index (χ0n) is 14.1. The van der Waals surface area contributed by atoms with Gasteiger partial charge in [0.15, 0.2) is 0 Å². The Labute approximate surface area is 156 Å². The number of aromatic nitrogens is 1. The highest BCUT2D eigenvalue weighted by atomic mass is 35.5. The number of benzene rings is 2. The summed E-state index contributed by atoms with van der Waals surface area (Å²) >= 11 is 6.07. The molecule has 0 unspecified atom stereocenters. The van der Waals surface area contributed by atoms with E-state index in [1.165, 1.54) is 0 Å². The third-order valence-corrected chi connectivity index (χ3v) is 4.34. The van der Waals surface area contributed by atoms with Crippen molar-refractivity contribution in [1.82, 2.24) is 4.57 Å². The van der Waals surface area contributed by atoms with Crippen molar-refractivity contribution in [2.75, 3.05) is 7.11 Å². The van der Waals surface area contributed by atoms with Crippen molar-refractivity contribution >= 4 is 17.6 Å². The van der Waals surface area contributed by atoms with Crippen LogP contribution in [0.5, 0.6) is 11.5 Å². The molecular formula is C20H18ClNO4. The van der Waals surface area contributed by atoms with Gasteiger partial charge in [-0.05, 0) is 61.0 Å². The lowest BCUT2D eigenvalue weighted by Crippen LogP contribution is -2.05. The Morgan fingerprint density at radius 2 is 1.85 bits per heavy atom. The number of carbonyl (C=O) groups is 1. The first-order valence-electron chi connectivity index (χ1n) is 8.05. The number of rotatable bonds is 6. The molecule has 1 heterocycles. The van der Waals surface area contributed by atoms with Crippen LogP contribution in [0.15, 0.2) is 54.6 Å². The van der Waals surface area contributed by atoms with Crippen molar-refractivity contribution in [3.63, 3.8) is 0 Å². The van der Waals surface area contributed by atoms with E-state index in [0.717, 1.165) is 22.6 Å². The minimum Gasteiger partial charge on any atom is -0.508 e. The fraction of sp³-hybridized carbons (Fsp3) is 0.150. The first kappa shape index (κ1) is 17.9. The highest BCUT2D eigenvalue weighted by molar-refractivity contribution is 6.30. The fourth-order valence-electron chi connectivity index (χ4n) is 2.90. The summed E-state index contributed by atoms with van der Waals surface area (Å²) in [6.07, 6.45) is 0.408. The first-order valence-corrected chi connectivity index (χ1v) is 8.43. The van der Waals surface area contributed by atoms with Gasteiger partial charge in [0.2, 0.25) is 0 Å². The molecule has 2 N–H and O–H groups in total. The van der Waals surface area contributed by atoms with Gasteiger partial charge in [0, 0.05) is 22.0 Å². The van der Waals surface area contributed by atoms with Crippen molar-refractivity contribution in [1.29, 1.82) is 0 Å². The number of aromatic hydroxyl groups is 1. The number of carboxylic acid groups (broad SMARTS) is 1. The average molecular weight is 372 g/mol. The molecule has 6 heteroatoms. The molecule has 3 rings (SSSR count). The van der Waals surface area contributed by atoms with Crippen LogP contribution in [0.1, 0.15) is 12.1 Å². The summed E-state index contributed by atoms with van der Waals surface area (Å²) in [6.45, 7) is 0. The van der Waals surface area contributed by atoms with Crippen LogP contribution in [0.3, 0.4) is 0 Å².